The van der Waals surface area contributed by atoms with Crippen LogP contribution < -0.4 is 4.74 Å². The predicted molar refractivity (Wildman–Crippen MR) is 115 cm³/mol. The molecule has 0 N–H and O–H groups in total. The molecule has 0 saturated carbocycles. The number of hydrogen-bond donors (Lipinski definition) is 0. The molecular weight excluding hydrogens is 402 g/mol. The number of aromatic nitrogens is 1. The first-order chi connectivity index (χ1) is 14.0. The molecule has 1 aromatic heterocycles. The van der Waals surface area contributed by atoms with Crippen LogP contribution in [0.2, 0.25) is 18.1 Å². The molecule has 0 spiro atoms. The molecule has 0 fully saturated rings. The van der Waals surface area contributed by atoms with Crippen LogP contribution in [-0.2, 0) is 4.43 Å². The number of hydrogen-bond acceptors (Lipinski definition) is 4. The van der Waals surface area contributed by atoms with Crippen LogP contribution in [0.3, 0.4) is 0 Å². The van der Waals surface area contributed by atoms with Gasteiger partial charge < -0.3 is 9.16 Å². The van der Waals surface area contributed by atoms with Gasteiger partial charge in [-0.15, -0.1) is 0 Å². The molecule has 1 heterocycles. The molecule has 1 unspecified atom stereocenters. The van der Waals surface area contributed by atoms with Crippen LogP contribution in [0.4, 0.5) is 8.78 Å². The topological polar surface area (TPSA) is 55.1 Å². The summed E-state index contributed by atoms with van der Waals surface area (Å²) < 4.78 is 40.7. The lowest BCUT2D eigenvalue weighted by molar-refractivity contribution is 0.227. The summed E-state index contributed by atoms with van der Waals surface area (Å²) in [6.07, 6.45) is 0.254. The summed E-state index contributed by atoms with van der Waals surface area (Å²) in [6.45, 7) is 10.1. The highest BCUT2D eigenvalue weighted by Gasteiger charge is 2.40. The third-order valence-corrected chi connectivity index (χ3v) is 9.91. The Hall–Kier alpha value is -2.82. The minimum atomic E-state index is -2.35. The maximum Gasteiger partial charge on any atom is 0.194 e. The molecule has 0 radical (unpaired) electrons. The Labute approximate surface area is 176 Å². The normalized spacial score (nSPS) is 13.1. The first-order valence-corrected chi connectivity index (χ1v) is 12.5. The zero-order chi connectivity index (χ0) is 22.1. The fourth-order valence-corrected chi connectivity index (χ4v) is 3.88. The number of ether oxygens (including phenoxy) is 1. The smallest absolute Gasteiger partial charge is 0.194 e. The van der Waals surface area contributed by atoms with E-state index in [4.69, 9.17) is 9.16 Å². The SMILES string of the molecule is CC(C)(C)[Si](C)(C)OC(C#N)c1c(F)cccc1Oc1cnc2c(F)cccc2c1. The first-order valence-electron chi connectivity index (χ1n) is 9.61. The van der Waals surface area contributed by atoms with Gasteiger partial charge in [-0.1, -0.05) is 39.0 Å². The van der Waals surface area contributed by atoms with E-state index in [0.717, 1.165) is 0 Å². The summed E-state index contributed by atoms with van der Waals surface area (Å²) in [5.41, 5.74) is 0.268. The van der Waals surface area contributed by atoms with E-state index in [1.54, 1.807) is 24.3 Å². The van der Waals surface area contributed by atoms with Crippen molar-refractivity contribution in [2.75, 3.05) is 0 Å². The van der Waals surface area contributed by atoms with Crippen molar-refractivity contribution in [1.82, 2.24) is 4.98 Å². The second-order valence-electron chi connectivity index (χ2n) is 8.62. The van der Waals surface area contributed by atoms with Crippen molar-refractivity contribution in [1.29, 1.82) is 5.26 Å². The van der Waals surface area contributed by atoms with Gasteiger partial charge in [0.15, 0.2) is 14.4 Å². The Morgan fingerprint density at radius 3 is 2.40 bits per heavy atom. The van der Waals surface area contributed by atoms with E-state index in [1.165, 1.54) is 24.4 Å². The highest BCUT2D eigenvalue weighted by atomic mass is 28.4. The number of benzene rings is 2. The zero-order valence-corrected chi connectivity index (χ0v) is 18.7. The Morgan fingerprint density at radius 1 is 1.07 bits per heavy atom. The van der Waals surface area contributed by atoms with Crippen molar-refractivity contribution in [2.24, 2.45) is 0 Å². The molecule has 0 aliphatic heterocycles. The van der Waals surface area contributed by atoms with Gasteiger partial charge >= 0.3 is 0 Å². The molecule has 3 rings (SSSR count). The van der Waals surface area contributed by atoms with E-state index >= 15 is 0 Å². The fraction of sp³-hybridized carbons (Fsp3) is 0.304. The number of pyridine rings is 1. The van der Waals surface area contributed by atoms with Crippen molar-refractivity contribution in [3.8, 4) is 17.6 Å². The lowest BCUT2D eigenvalue weighted by Gasteiger charge is -2.37. The maximum absolute atomic E-state index is 14.8. The van der Waals surface area contributed by atoms with Crippen molar-refractivity contribution >= 4 is 19.2 Å². The van der Waals surface area contributed by atoms with Gasteiger partial charge in [-0.05, 0) is 42.4 Å². The van der Waals surface area contributed by atoms with E-state index in [9.17, 15) is 14.0 Å². The molecule has 156 valence electrons. The van der Waals surface area contributed by atoms with Gasteiger partial charge in [-0.3, -0.25) is 0 Å². The lowest BCUT2D eigenvalue weighted by Crippen LogP contribution is -2.41. The van der Waals surface area contributed by atoms with Crippen LogP contribution in [0, 0.1) is 23.0 Å². The molecule has 0 saturated heterocycles. The standard InChI is InChI=1S/C23H24F2N2O2Si/c1-23(2,3)30(4,5)29-20(13-26)21-17(24)9-7-11-19(21)28-16-12-15-8-6-10-18(25)22(15)27-14-16/h6-12,14,20H,1-5H3. The maximum atomic E-state index is 14.8. The monoisotopic (exact) mass is 426 g/mol. The third-order valence-electron chi connectivity index (χ3n) is 5.48. The lowest BCUT2D eigenvalue weighted by atomic mass is 10.1. The number of nitriles is 1. The van der Waals surface area contributed by atoms with Crippen molar-refractivity contribution in [3.63, 3.8) is 0 Å². The Bertz CT molecular complexity index is 1120. The number of halogens is 2. The Kier molecular flexibility index (Phi) is 5.93. The van der Waals surface area contributed by atoms with E-state index in [2.05, 4.69) is 11.1 Å². The van der Waals surface area contributed by atoms with Gasteiger partial charge in [0.05, 0.1) is 17.8 Å². The Balaban J connectivity index is 2.00. The molecular formula is C23H24F2N2O2Si. The average molecular weight is 427 g/mol. The van der Waals surface area contributed by atoms with Crippen LogP contribution in [0.15, 0.2) is 48.7 Å². The molecule has 0 aliphatic carbocycles. The van der Waals surface area contributed by atoms with Crippen LogP contribution in [0.25, 0.3) is 10.9 Å². The molecule has 2 aromatic carbocycles. The summed E-state index contributed by atoms with van der Waals surface area (Å²) in [5.74, 6) is -0.544. The molecule has 1 atom stereocenters. The van der Waals surface area contributed by atoms with Gasteiger partial charge in [0.1, 0.15) is 28.7 Å². The molecule has 0 amide bonds. The van der Waals surface area contributed by atoms with Crippen LogP contribution in [-0.4, -0.2) is 13.3 Å². The summed E-state index contributed by atoms with van der Waals surface area (Å²) in [5, 5.41) is 10.2. The van der Waals surface area contributed by atoms with Crippen LogP contribution in [0.5, 0.6) is 11.5 Å². The molecule has 4 nitrogen and oxygen atoms in total. The number of fused-ring (bicyclic) bond motifs is 1. The van der Waals surface area contributed by atoms with Crippen molar-refractivity contribution in [2.45, 2.75) is 45.0 Å². The second-order valence-corrected chi connectivity index (χ2v) is 13.4. The first kappa shape index (κ1) is 21.9. The van der Waals surface area contributed by atoms with E-state index in [-0.39, 0.29) is 21.9 Å². The molecule has 7 heteroatoms. The van der Waals surface area contributed by atoms with Crippen LogP contribution >= 0.6 is 0 Å². The summed E-state index contributed by atoms with van der Waals surface area (Å²) in [4.78, 5) is 4.10. The molecule has 0 bridgehead atoms. The largest absolute Gasteiger partial charge is 0.455 e. The predicted octanol–water partition coefficient (Wildman–Crippen LogP) is 6.89. The Morgan fingerprint density at radius 2 is 1.73 bits per heavy atom. The van der Waals surface area contributed by atoms with E-state index < -0.39 is 26.1 Å². The van der Waals surface area contributed by atoms with Gasteiger partial charge in [0.25, 0.3) is 0 Å². The van der Waals surface area contributed by atoms with Gasteiger partial charge in [-0.2, -0.15) is 5.26 Å². The number of para-hydroxylation sites is 1. The van der Waals surface area contributed by atoms with Crippen molar-refractivity contribution < 1.29 is 17.9 Å². The molecule has 0 aliphatic rings. The molecule has 3 aromatic rings. The summed E-state index contributed by atoms with van der Waals surface area (Å²) in [7, 11) is -2.35. The minimum Gasteiger partial charge on any atom is -0.455 e. The third kappa shape index (κ3) is 4.35. The van der Waals surface area contributed by atoms with E-state index in [1.807, 2.05) is 33.9 Å². The van der Waals surface area contributed by atoms with Gasteiger partial charge in [-0.25, -0.2) is 13.8 Å². The average Bonchev–Trinajstić information content (AvgIpc) is 2.66. The fourth-order valence-electron chi connectivity index (χ4n) is 2.77. The van der Waals surface area contributed by atoms with E-state index in [0.29, 0.717) is 11.1 Å². The van der Waals surface area contributed by atoms with Gasteiger partial charge in [0.2, 0.25) is 0 Å². The van der Waals surface area contributed by atoms with Crippen molar-refractivity contribution in [3.05, 3.63) is 65.9 Å². The van der Waals surface area contributed by atoms with Crippen LogP contribution in [0.1, 0.15) is 32.4 Å². The molecule has 30 heavy (non-hydrogen) atoms. The zero-order valence-electron chi connectivity index (χ0n) is 17.7. The highest BCUT2D eigenvalue weighted by molar-refractivity contribution is 6.74. The summed E-state index contributed by atoms with van der Waals surface area (Å²) in [6, 6.07) is 12.7. The highest BCUT2D eigenvalue weighted by Crippen LogP contribution is 2.42. The van der Waals surface area contributed by atoms with Gasteiger partial charge in [0, 0.05) is 5.39 Å². The summed E-state index contributed by atoms with van der Waals surface area (Å²) >= 11 is 0. The quantitative estimate of drug-likeness (QED) is 0.417. The number of nitrogens with zero attached hydrogens (tertiary/aromatic N) is 2. The second kappa shape index (κ2) is 8.13. The minimum absolute atomic E-state index is 0.0455. The number of rotatable bonds is 5.